The Hall–Kier alpha value is -1.23. The van der Waals surface area contributed by atoms with Crippen molar-refractivity contribution in [2.75, 3.05) is 6.54 Å². The number of halogens is 1. The molecular formula is C10H12BrNO3. The summed E-state index contributed by atoms with van der Waals surface area (Å²) < 4.78 is 0. The summed E-state index contributed by atoms with van der Waals surface area (Å²) >= 11 is 3.28. The van der Waals surface area contributed by atoms with Gasteiger partial charge in [0.05, 0.1) is 5.56 Å². The average molecular weight is 274 g/mol. The second-order valence-corrected chi connectivity index (χ2v) is 4.76. The van der Waals surface area contributed by atoms with Gasteiger partial charge in [-0.25, -0.2) is 0 Å². The number of hydrogen-bond acceptors (Lipinski definition) is 3. The summed E-state index contributed by atoms with van der Waals surface area (Å²) in [4.78, 5) is 11.7. The number of carbonyl (C=O) groups is 1. The molecule has 0 bridgehead atoms. The van der Waals surface area contributed by atoms with E-state index in [9.17, 15) is 9.90 Å². The fourth-order valence-corrected chi connectivity index (χ4v) is 1.20. The molecule has 1 aromatic carbocycles. The van der Waals surface area contributed by atoms with E-state index < -0.39 is 5.91 Å². The molecule has 1 unspecified atom stereocenters. The number of aromatic hydroxyl groups is 2. The SMILES string of the molecule is CC(Br)CNC(=O)c1cc(O)ccc1O. The van der Waals surface area contributed by atoms with Crippen LogP contribution in [0.15, 0.2) is 18.2 Å². The molecule has 0 aromatic heterocycles. The highest BCUT2D eigenvalue weighted by Crippen LogP contribution is 2.21. The number of rotatable bonds is 3. The summed E-state index contributed by atoms with van der Waals surface area (Å²) in [5, 5.41) is 21.2. The second-order valence-electron chi connectivity index (χ2n) is 3.19. The van der Waals surface area contributed by atoms with Crippen molar-refractivity contribution in [3.8, 4) is 11.5 Å². The van der Waals surface area contributed by atoms with Crippen LogP contribution in [-0.4, -0.2) is 27.5 Å². The zero-order chi connectivity index (χ0) is 11.4. The van der Waals surface area contributed by atoms with E-state index in [1.807, 2.05) is 6.92 Å². The molecule has 0 heterocycles. The highest BCUT2D eigenvalue weighted by Gasteiger charge is 2.11. The maximum atomic E-state index is 11.5. The van der Waals surface area contributed by atoms with Gasteiger partial charge in [0.1, 0.15) is 11.5 Å². The minimum Gasteiger partial charge on any atom is -0.508 e. The second kappa shape index (κ2) is 5.02. The van der Waals surface area contributed by atoms with E-state index >= 15 is 0 Å². The van der Waals surface area contributed by atoms with Crippen LogP contribution in [0.25, 0.3) is 0 Å². The van der Waals surface area contributed by atoms with E-state index in [0.29, 0.717) is 6.54 Å². The summed E-state index contributed by atoms with van der Waals surface area (Å²) in [6.45, 7) is 2.34. The molecule has 0 aliphatic heterocycles. The molecule has 0 aliphatic carbocycles. The standard InChI is InChI=1S/C10H12BrNO3/c1-6(11)5-12-10(15)8-4-7(13)2-3-9(8)14/h2-4,6,13-14H,5H2,1H3,(H,12,15). The first-order valence-electron chi connectivity index (χ1n) is 4.45. The van der Waals surface area contributed by atoms with Gasteiger partial charge in [-0.3, -0.25) is 4.79 Å². The van der Waals surface area contributed by atoms with Crippen molar-refractivity contribution in [2.45, 2.75) is 11.8 Å². The van der Waals surface area contributed by atoms with E-state index in [-0.39, 0.29) is 21.9 Å². The van der Waals surface area contributed by atoms with Gasteiger partial charge in [-0.05, 0) is 18.2 Å². The topological polar surface area (TPSA) is 69.6 Å². The summed E-state index contributed by atoms with van der Waals surface area (Å²) in [5.74, 6) is -0.605. The van der Waals surface area contributed by atoms with Gasteiger partial charge in [-0.2, -0.15) is 0 Å². The van der Waals surface area contributed by atoms with Crippen molar-refractivity contribution in [1.82, 2.24) is 5.32 Å². The summed E-state index contributed by atoms with van der Waals surface area (Å²) in [6.07, 6.45) is 0. The Balaban J connectivity index is 2.77. The molecule has 4 nitrogen and oxygen atoms in total. The Kier molecular flexibility index (Phi) is 3.96. The van der Waals surface area contributed by atoms with Gasteiger partial charge in [-0.1, -0.05) is 22.9 Å². The Morgan fingerprint density at radius 2 is 2.20 bits per heavy atom. The van der Waals surface area contributed by atoms with Crippen molar-refractivity contribution in [2.24, 2.45) is 0 Å². The van der Waals surface area contributed by atoms with Crippen LogP contribution in [-0.2, 0) is 0 Å². The Morgan fingerprint density at radius 3 is 2.80 bits per heavy atom. The van der Waals surface area contributed by atoms with Crippen LogP contribution in [0.5, 0.6) is 11.5 Å². The van der Waals surface area contributed by atoms with Crippen LogP contribution < -0.4 is 5.32 Å². The first-order valence-corrected chi connectivity index (χ1v) is 5.36. The fourth-order valence-electron chi connectivity index (χ4n) is 1.03. The predicted octanol–water partition coefficient (Wildman–Crippen LogP) is 1.61. The molecule has 0 spiro atoms. The van der Waals surface area contributed by atoms with E-state index in [1.165, 1.54) is 18.2 Å². The lowest BCUT2D eigenvalue weighted by atomic mass is 10.2. The molecule has 0 aliphatic rings. The minimum absolute atomic E-state index is 0.0511. The van der Waals surface area contributed by atoms with Crippen LogP contribution in [0.2, 0.25) is 0 Å². The fraction of sp³-hybridized carbons (Fsp3) is 0.300. The number of phenolic OH excluding ortho intramolecular Hbond substituents is 2. The van der Waals surface area contributed by atoms with Crippen molar-refractivity contribution in [3.63, 3.8) is 0 Å². The highest BCUT2D eigenvalue weighted by atomic mass is 79.9. The normalized spacial score (nSPS) is 12.1. The molecule has 15 heavy (non-hydrogen) atoms. The smallest absolute Gasteiger partial charge is 0.255 e. The third-order valence-electron chi connectivity index (χ3n) is 1.77. The molecule has 0 saturated heterocycles. The molecule has 1 aromatic rings. The number of hydrogen-bond donors (Lipinski definition) is 3. The Bertz CT molecular complexity index is 366. The van der Waals surface area contributed by atoms with Crippen LogP contribution in [0, 0.1) is 0 Å². The van der Waals surface area contributed by atoms with Gasteiger partial charge in [0, 0.05) is 11.4 Å². The maximum absolute atomic E-state index is 11.5. The molecule has 0 saturated carbocycles. The Morgan fingerprint density at radius 1 is 1.53 bits per heavy atom. The summed E-state index contributed by atoms with van der Waals surface area (Å²) in [6, 6.07) is 3.82. The lowest BCUT2D eigenvalue weighted by molar-refractivity contribution is 0.0951. The van der Waals surface area contributed by atoms with Crippen LogP contribution in [0.3, 0.4) is 0 Å². The third kappa shape index (κ3) is 3.43. The summed E-state index contributed by atoms with van der Waals surface area (Å²) in [7, 11) is 0. The molecular weight excluding hydrogens is 262 g/mol. The van der Waals surface area contributed by atoms with Crippen LogP contribution in [0.4, 0.5) is 0 Å². The molecule has 1 amide bonds. The number of nitrogens with one attached hydrogen (secondary N) is 1. The lowest BCUT2D eigenvalue weighted by Crippen LogP contribution is -2.28. The number of amides is 1. The highest BCUT2D eigenvalue weighted by molar-refractivity contribution is 9.09. The molecule has 5 heteroatoms. The van der Waals surface area contributed by atoms with E-state index in [1.54, 1.807) is 0 Å². The van der Waals surface area contributed by atoms with Crippen LogP contribution in [0.1, 0.15) is 17.3 Å². The Labute approximate surface area is 96.1 Å². The zero-order valence-electron chi connectivity index (χ0n) is 8.20. The van der Waals surface area contributed by atoms with Gasteiger partial charge < -0.3 is 15.5 Å². The molecule has 3 N–H and O–H groups in total. The van der Waals surface area contributed by atoms with E-state index in [0.717, 1.165) is 0 Å². The lowest BCUT2D eigenvalue weighted by Gasteiger charge is -2.08. The van der Waals surface area contributed by atoms with Crippen molar-refractivity contribution in [1.29, 1.82) is 0 Å². The van der Waals surface area contributed by atoms with Gasteiger partial charge in [0.2, 0.25) is 0 Å². The molecule has 1 rings (SSSR count). The van der Waals surface area contributed by atoms with Gasteiger partial charge >= 0.3 is 0 Å². The first-order chi connectivity index (χ1) is 7.00. The van der Waals surface area contributed by atoms with Crippen molar-refractivity contribution < 1.29 is 15.0 Å². The van der Waals surface area contributed by atoms with Crippen LogP contribution >= 0.6 is 15.9 Å². The van der Waals surface area contributed by atoms with E-state index in [4.69, 9.17) is 5.11 Å². The number of phenols is 2. The largest absolute Gasteiger partial charge is 0.508 e. The monoisotopic (exact) mass is 273 g/mol. The van der Waals surface area contributed by atoms with E-state index in [2.05, 4.69) is 21.2 Å². The molecule has 0 radical (unpaired) electrons. The first kappa shape index (κ1) is 11.8. The van der Waals surface area contributed by atoms with Gasteiger partial charge in [0.15, 0.2) is 0 Å². The van der Waals surface area contributed by atoms with Gasteiger partial charge in [0.25, 0.3) is 5.91 Å². The van der Waals surface area contributed by atoms with Gasteiger partial charge in [-0.15, -0.1) is 0 Å². The molecule has 1 atom stereocenters. The minimum atomic E-state index is -0.408. The predicted molar refractivity (Wildman–Crippen MR) is 60.5 cm³/mol. The van der Waals surface area contributed by atoms with Crippen molar-refractivity contribution in [3.05, 3.63) is 23.8 Å². The van der Waals surface area contributed by atoms with Crippen molar-refractivity contribution >= 4 is 21.8 Å². The zero-order valence-corrected chi connectivity index (χ0v) is 9.78. The molecule has 82 valence electrons. The third-order valence-corrected chi connectivity index (χ3v) is 2.09. The summed E-state index contributed by atoms with van der Waals surface area (Å²) in [5.41, 5.74) is 0.0724. The average Bonchev–Trinajstić information content (AvgIpc) is 2.18. The molecule has 0 fully saturated rings. The number of carbonyl (C=O) groups excluding carboxylic acids is 1. The quantitative estimate of drug-likeness (QED) is 0.579. The number of benzene rings is 1. The maximum Gasteiger partial charge on any atom is 0.255 e. The number of alkyl halides is 1.